The summed E-state index contributed by atoms with van der Waals surface area (Å²) in [6, 6.07) is 0.909. The van der Waals surface area contributed by atoms with E-state index in [0.717, 1.165) is 32.2 Å². The summed E-state index contributed by atoms with van der Waals surface area (Å²) in [6.07, 6.45) is 4.45. The summed E-state index contributed by atoms with van der Waals surface area (Å²) in [4.78, 5) is 14.0. The number of nitrogens with one attached hydrogen (secondary N) is 1. The molecule has 2 rings (SSSR count). The van der Waals surface area contributed by atoms with E-state index < -0.39 is 0 Å². The Morgan fingerprint density at radius 2 is 2.36 bits per heavy atom. The number of fused-ring (bicyclic) bond motifs is 1. The Kier molecular flexibility index (Phi) is 2.77. The third-order valence-electron chi connectivity index (χ3n) is 3.79. The van der Waals surface area contributed by atoms with Crippen molar-refractivity contribution in [1.82, 2.24) is 10.2 Å². The monoisotopic (exact) mass is 196 g/mol. The van der Waals surface area contributed by atoms with Gasteiger partial charge in [-0.1, -0.05) is 6.92 Å². The van der Waals surface area contributed by atoms with Gasteiger partial charge in [0.2, 0.25) is 5.91 Å². The van der Waals surface area contributed by atoms with Gasteiger partial charge in [0, 0.05) is 19.1 Å². The van der Waals surface area contributed by atoms with E-state index in [1.807, 2.05) is 11.9 Å². The summed E-state index contributed by atoms with van der Waals surface area (Å²) in [6.45, 7) is 3.26. The van der Waals surface area contributed by atoms with E-state index in [1.165, 1.54) is 0 Å². The normalized spacial score (nSPS) is 38.3. The summed E-state index contributed by atoms with van der Waals surface area (Å²) in [5.41, 5.74) is 0. The number of amides is 1. The molecule has 3 nitrogen and oxygen atoms in total. The molecule has 0 aromatic heterocycles. The van der Waals surface area contributed by atoms with Crippen LogP contribution in [-0.4, -0.2) is 36.5 Å². The molecule has 2 aliphatic heterocycles. The van der Waals surface area contributed by atoms with Crippen LogP contribution in [0, 0.1) is 5.92 Å². The van der Waals surface area contributed by atoms with Crippen LogP contribution in [0.5, 0.6) is 0 Å². The summed E-state index contributed by atoms with van der Waals surface area (Å²) >= 11 is 0. The SMILES string of the molecule is CCC1CC2NCCCC2C(=O)N1C. The van der Waals surface area contributed by atoms with Crippen molar-refractivity contribution in [3.05, 3.63) is 0 Å². The highest BCUT2D eigenvalue weighted by Crippen LogP contribution is 2.29. The number of hydrogen-bond donors (Lipinski definition) is 1. The lowest BCUT2D eigenvalue weighted by Crippen LogP contribution is -2.57. The average molecular weight is 196 g/mol. The minimum absolute atomic E-state index is 0.261. The lowest BCUT2D eigenvalue weighted by Gasteiger charge is -2.44. The zero-order chi connectivity index (χ0) is 10.1. The third kappa shape index (κ3) is 1.54. The van der Waals surface area contributed by atoms with Crippen molar-refractivity contribution in [1.29, 1.82) is 0 Å². The van der Waals surface area contributed by atoms with E-state index in [1.54, 1.807) is 0 Å². The molecule has 0 aromatic carbocycles. The molecule has 0 bridgehead atoms. The van der Waals surface area contributed by atoms with Crippen LogP contribution in [0.3, 0.4) is 0 Å². The minimum Gasteiger partial charge on any atom is -0.342 e. The van der Waals surface area contributed by atoms with Crippen LogP contribution in [0.4, 0.5) is 0 Å². The summed E-state index contributed by atoms with van der Waals surface area (Å²) in [5.74, 6) is 0.622. The van der Waals surface area contributed by atoms with Gasteiger partial charge in [-0.2, -0.15) is 0 Å². The van der Waals surface area contributed by atoms with Gasteiger partial charge in [0.15, 0.2) is 0 Å². The van der Waals surface area contributed by atoms with Crippen LogP contribution in [0.2, 0.25) is 0 Å². The topological polar surface area (TPSA) is 32.3 Å². The Morgan fingerprint density at radius 3 is 3.07 bits per heavy atom. The smallest absolute Gasteiger partial charge is 0.227 e. The van der Waals surface area contributed by atoms with Gasteiger partial charge in [-0.05, 0) is 32.2 Å². The van der Waals surface area contributed by atoms with E-state index in [-0.39, 0.29) is 5.92 Å². The first-order valence-corrected chi connectivity index (χ1v) is 5.74. The van der Waals surface area contributed by atoms with Crippen LogP contribution in [0.15, 0.2) is 0 Å². The standard InChI is InChI=1S/C11H20N2O/c1-3-8-7-10-9(5-4-6-12-10)11(14)13(8)2/h8-10,12H,3-7H2,1-2H3. The van der Waals surface area contributed by atoms with Gasteiger partial charge in [-0.25, -0.2) is 0 Å². The molecule has 0 spiro atoms. The van der Waals surface area contributed by atoms with E-state index in [2.05, 4.69) is 12.2 Å². The van der Waals surface area contributed by atoms with Crippen molar-refractivity contribution >= 4 is 5.91 Å². The lowest BCUT2D eigenvalue weighted by molar-refractivity contribution is -0.142. The molecule has 2 aliphatic rings. The van der Waals surface area contributed by atoms with E-state index in [0.29, 0.717) is 18.0 Å². The molecule has 0 saturated carbocycles. The highest BCUT2D eigenvalue weighted by atomic mass is 16.2. The van der Waals surface area contributed by atoms with Crippen molar-refractivity contribution in [2.45, 2.75) is 44.7 Å². The molecule has 1 amide bonds. The largest absolute Gasteiger partial charge is 0.342 e. The molecule has 80 valence electrons. The number of hydrogen-bond acceptors (Lipinski definition) is 2. The number of rotatable bonds is 1. The zero-order valence-corrected chi connectivity index (χ0v) is 9.12. The fourth-order valence-electron chi connectivity index (χ4n) is 2.83. The molecular weight excluding hydrogens is 176 g/mol. The first-order chi connectivity index (χ1) is 6.74. The maximum absolute atomic E-state index is 12.0. The first-order valence-electron chi connectivity index (χ1n) is 5.74. The highest BCUT2D eigenvalue weighted by Gasteiger charge is 2.40. The van der Waals surface area contributed by atoms with Crippen LogP contribution in [-0.2, 0) is 4.79 Å². The van der Waals surface area contributed by atoms with Crippen molar-refractivity contribution in [2.24, 2.45) is 5.92 Å². The Bertz CT molecular complexity index is 229. The fourth-order valence-corrected chi connectivity index (χ4v) is 2.83. The van der Waals surface area contributed by atoms with Crippen molar-refractivity contribution in [3.8, 4) is 0 Å². The summed E-state index contributed by atoms with van der Waals surface area (Å²) in [5, 5.41) is 3.49. The van der Waals surface area contributed by atoms with Gasteiger partial charge in [-0.15, -0.1) is 0 Å². The predicted molar refractivity (Wildman–Crippen MR) is 56.0 cm³/mol. The Hall–Kier alpha value is -0.570. The molecule has 0 aliphatic carbocycles. The quantitative estimate of drug-likeness (QED) is 0.678. The number of carbonyl (C=O) groups excluding carboxylic acids is 1. The molecule has 2 saturated heterocycles. The third-order valence-corrected chi connectivity index (χ3v) is 3.79. The van der Waals surface area contributed by atoms with Gasteiger partial charge < -0.3 is 10.2 Å². The second-order valence-electron chi connectivity index (χ2n) is 4.56. The van der Waals surface area contributed by atoms with Crippen LogP contribution >= 0.6 is 0 Å². The first kappa shape index (κ1) is 9.97. The highest BCUT2D eigenvalue weighted by molar-refractivity contribution is 5.80. The van der Waals surface area contributed by atoms with Gasteiger partial charge in [-0.3, -0.25) is 4.79 Å². The Labute approximate surface area is 85.8 Å². The molecule has 3 atom stereocenters. The van der Waals surface area contributed by atoms with Crippen LogP contribution < -0.4 is 5.32 Å². The molecule has 3 unspecified atom stereocenters. The van der Waals surface area contributed by atoms with Gasteiger partial charge in [0.05, 0.1) is 5.92 Å². The summed E-state index contributed by atoms with van der Waals surface area (Å²) < 4.78 is 0. The van der Waals surface area contributed by atoms with Crippen LogP contribution in [0.1, 0.15) is 32.6 Å². The van der Waals surface area contributed by atoms with Crippen molar-refractivity contribution < 1.29 is 4.79 Å². The lowest BCUT2D eigenvalue weighted by atomic mass is 9.81. The van der Waals surface area contributed by atoms with E-state index >= 15 is 0 Å². The molecule has 2 fully saturated rings. The van der Waals surface area contributed by atoms with E-state index in [9.17, 15) is 4.79 Å². The minimum atomic E-state index is 0.261. The van der Waals surface area contributed by atoms with Crippen molar-refractivity contribution in [2.75, 3.05) is 13.6 Å². The second kappa shape index (κ2) is 3.89. The van der Waals surface area contributed by atoms with Gasteiger partial charge in [0.1, 0.15) is 0 Å². The molecular formula is C11H20N2O. The maximum Gasteiger partial charge on any atom is 0.227 e. The predicted octanol–water partition coefficient (Wildman–Crippen LogP) is 0.995. The molecule has 2 heterocycles. The van der Waals surface area contributed by atoms with Gasteiger partial charge in [0.25, 0.3) is 0 Å². The number of carbonyl (C=O) groups is 1. The molecule has 3 heteroatoms. The maximum atomic E-state index is 12.0. The number of piperidine rings is 2. The van der Waals surface area contributed by atoms with Crippen molar-refractivity contribution in [3.63, 3.8) is 0 Å². The van der Waals surface area contributed by atoms with Crippen LogP contribution in [0.25, 0.3) is 0 Å². The fraction of sp³-hybridized carbons (Fsp3) is 0.909. The Balaban J connectivity index is 2.11. The molecule has 0 aromatic rings. The average Bonchev–Trinajstić information content (AvgIpc) is 2.23. The van der Waals surface area contributed by atoms with E-state index in [4.69, 9.17) is 0 Å². The number of nitrogens with zero attached hydrogens (tertiary/aromatic N) is 1. The number of likely N-dealkylation sites (tertiary alicyclic amines) is 1. The zero-order valence-electron chi connectivity index (χ0n) is 9.12. The molecule has 1 N–H and O–H groups in total. The van der Waals surface area contributed by atoms with Gasteiger partial charge >= 0.3 is 0 Å². The molecule has 14 heavy (non-hydrogen) atoms. The second-order valence-corrected chi connectivity index (χ2v) is 4.56. The Morgan fingerprint density at radius 1 is 1.57 bits per heavy atom. The summed E-state index contributed by atoms with van der Waals surface area (Å²) in [7, 11) is 1.96. The molecule has 0 radical (unpaired) electrons.